The molecular formula is C7H11FN2. The van der Waals surface area contributed by atoms with Gasteiger partial charge in [-0.3, -0.25) is 0 Å². The third-order valence-corrected chi connectivity index (χ3v) is 1.32. The molecule has 1 heterocycles. The SMILES string of the molecule is CC(C)(C)n1ccnc1F. The molecule has 1 rings (SSSR count). The molecule has 0 atom stereocenters. The lowest BCUT2D eigenvalue weighted by atomic mass is 10.1. The normalized spacial score (nSPS) is 12.0. The standard InChI is InChI=1S/C7H11FN2/c1-7(2,3)10-5-4-9-6(10)8/h4-5H,1-3H3. The number of rotatable bonds is 0. The zero-order valence-electron chi connectivity index (χ0n) is 6.43. The first-order chi connectivity index (χ1) is 4.52. The highest BCUT2D eigenvalue weighted by atomic mass is 19.1. The summed E-state index contributed by atoms with van der Waals surface area (Å²) < 4.78 is 14.2. The number of halogens is 1. The monoisotopic (exact) mass is 142 g/mol. The van der Waals surface area contributed by atoms with E-state index in [1.54, 1.807) is 6.20 Å². The summed E-state index contributed by atoms with van der Waals surface area (Å²) in [4.78, 5) is 3.48. The Morgan fingerprint density at radius 3 is 2.30 bits per heavy atom. The Kier molecular flexibility index (Phi) is 1.50. The van der Waals surface area contributed by atoms with Crippen LogP contribution in [0.4, 0.5) is 4.39 Å². The fourth-order valence-electron chi connectivity index (χ4n) is 0.786. The van der Waals surface area contributed by atoms with E-state index in [1.165, 1.54) is 10.8 Å². The van der Waals surface area contributed by atoms with Gasteiger partial charge in [-0.05, 0) is 20.8 Å². The summed E-state index contributed by atoms with van der Waals surface area (Å²) in [5.74, 6) is 0. The van der Waals surface area contributed by atoms with Crippen molar-refractivity contribution in [3.63, 3.8) is 0 Å². The van der Waals surface area contributed by atoms with Crippen LogP contribution < -0.4 is 0 Å². The van der Waals surface area contributed by atoms with Gasteiger partial charge < -0.3 is 4.57 Å². The van der Waals surface area contributed by atoms with Crippen molar-refractivity contribution >= 4 is 0 Å². The molecular weight excluding hydrogens is 131 g/mol. The predicted molar refractivity (Wildman–Crippen MR) is 37.2 cm³/mol. The largest absolute Gasteiger partial charge is 0.302 e. The van der Waals surface area contributed by atoms with Gasteiger partial charge in [-0.2, -0.15) is 4.39 Å². The fourth-order valence-corrected chi connectivity index (χ4v) is 0.786. The van der Waals surface area contributed by atoms with E-state index in [-0.39, 0.29) is 5.54 Å². The molecule has 0 spiro atoms. The van der Waals surface area contributed by atoms with Crippen LogP contribution in [-0.2, 0) is 5.54 Å². The highest BCUT2D eigenvalue weighted by Crippen LogP contribution is 2.14. The van der Waals surface area contributed by atoms with E-state index in [0.717, 1.165) is 0 Å². The number of aromatic nitrogens is 2. The molecule has 0 aliphatic carbocycles. The van der Waals surface area contributed by atoms with Crippen molar-refractivity contribution in [1.29, 1.82) is 0 Å². The van der Waals surface area contributed by atoms with E-state index in [9.17, 15) is 4.39 Å². The lowest BCUT2D eigenvalue weighted by Crippen LogP contribution is -2.22. The Balaban J connectivity index is 3.05. The third-order valence-electron chi connectivity index (χ3n) is 1.32. The molecule has 0 bridgehead atoms. The molecule has 0 aliphatic heterocycles. The maximum Gasteiger partial charge on any atom is 0.289 e. The van der Waals surface area contributed by atoms with E-state index in [2.05, 4.69) is 4.98 Å². The van der Waals surface area contributed by atoms with Crippen LogP contribution in [0.2, 0.25) is 0 Å². The summed E-state index contributed by atoms with van der Waals surface area (Å²) in [6, 6.07) is 0. The van der Waals surface area contributed by atoms with Crippen molar-refractivity contribution in [1.82, 2.24) is 9.55 Å². The first-order valence-corrected chi connectivity index (χ1v) is 3.21. The maximum atomic E-state index is 12.7. The van der Waals surface area contributed by atoms with Gasteiger partial charge in [0.05, 0.1) is 0 Å². The minimum Gasteiger partial charge on any atom is -0.302 e. The summed E-state index contributed by atoms with van der Waals surface area (Å²) in [5, 5.41) is 0. The maximum absolute atomic E-state index is 12.7. The molecule has 0 saturated carbocycles. The van der Waals surface area contributed by atoms with Crippen LogP contribution in [0.1, 0.15) is 20.8 Å². The highest BCUT2D eigenvalue weighted by molar-refractivity contribution is 4.85. The summed E-state index contributed by atoms with van der Waals surface area (Å²) in [6.07, 6.45) is 2.67. The zero-order valence-corrected chi connectivity index (χ0v) is 6.43. The van der Waals surface area contributed by atoms with Crippen LogP contribution in [-0.4, -0.2) is 9.55 Å². The second-order valence-electron chi connectivity index (χ2n) is 3.24. The van der Waals surface area contributed by atoms with Gasteiger partial charge in [0.1, 0.15) is 0 Å². The van der Waals surface area contributed by atoms with Crippen LogP contribution in [0.25, 0.3) is 0 Å². The van der Waals surface area contributed by atoms with E-state index < -0.39 is 6.08 Å². The molecule has 1 aromatic rings. The Labute approximate surface area is 59.7 Å². The molecule has 0 N–H and O–H groups in total. The number of hydrogen-bond donors (Lipinski definition) is 0. The van der Waals surface area contributed by atoms with Gasteiger partial charge in [0.25, 0.3) is 6.08 Å². The van der Waals surface area contributed by atoms with Crippen LogP contribution >= 0.6 is 0 Å². The van der Waals surface area contributed by atoms with Crippen LogP contribution in [0, 0.1) is 6.08 Å². The molecule has 1 aromatic heterocycles. The molecule has 0 fully saturated rings. The fraction of sp³-hybridized carbons (Fsp3) is 0.571. The predicted octanol–water partition coefficient (Wildman–Crippen LogP) is 1.78. The highest BCUT2D eigenvalue weighted by Gasteiger charge is 2.15. The van der Waals surface area contributed by atoms with E-state index in [1.807, 2.05) is 20.8 Å². The summed E-state index contributed by atoms with van der Waals surface area (Å²) in [5.41, 5.74) is -0.208. The van der Waals surface area contributed by atoms with Crippen molar-refractivity contribution in [2.75, 3.05) is 0 Å². The number of nitrogens with zero attached hydrogens (tertiary/aromatic N) is 2. The van der Waals surface area contributed by atoms with Crippen molar-refractivity contribution in [3.8, 4) is 0 Å². The molecule has 0 unspecified atom stereocenters. The number of imidazole rings is 1. The van der Waals surface area contributed by atoms with E-state index in [4.69, 9.17) is 0 Å². The molecule has 0 amide bonds. The Hall–Kier alpha value is -0.860. The smallest absolute Gasteiger partial charge is 0.289 e. The molecule has 3 heteroatoms. The lowest BCUT2D eigenvalue weighted by Gasteiger charge is -2.20. The van der Waals surface area contributed by atoms with Crippen molar-refractivity contribution in [2.24, 2.45) is 0 Å². The minimum atomic E-state index is -0.424. The average molecular weight is 142 g/mol. The molecule has 0 aliphatic rings. The van der Waals surface area contributed by atoms with Crippen LogP contribution in [0.5, 0.6) is 0 Å². The molecule has 10 heavy (non-hydrogen) atoms. The van der Waals surface area contributed by atoms with E-state index >= 15 is 0 Å². The Morgan fingerprint density at radius 1 is 1.50 bits per heavy atom. The van der Waals surface area contributed by atoms with Gasteiger partial charge in [-0.15, -0.1) is 0 Å². The summed E-state index contributed by atoms with van der Waals surface area (Å²) >= 11 is 0. The van der Waals surface area contributed by atoms with Gasteiger partial charge in [0.15, 0.2) is 0 Å². The van der Waals surface area contributed by atoms with Gasteiger partial charge in [0, 0.05) is 17.9 Å². The van der Waals surface area contributed by atoms with Crippen molar-refractivity contribution in [2.45, 2.75) is 26.3 Å². The number of hydrogen-bond acceptors (Lipinski definition) is 1. The van der Waals surface area contributed by atoms with Gasteiger partial charge >= 0.3 is 0 Å². The lowest BCUT2D eigenvalue weighted by molar-refractivity contribution is 0.326. The second kappa shape index (κ2) is 2.08. The first kappa shape index (κ1) is 7.25. The zero-order chi connectivity index (χ0) is 7.78. The van der Waals surface area contributed by atoms with E-state index in [0.29, 0.717) is 0 Å². The molecule has 0 aromatic carbocycles. The van der Waals surface area contributed by atoms with Gasteiger partial charge in [-0.25, -0.2) is 4.98 Å². The van der Waals surface area contributed by atoms with Crippen molar-refractivity contribution in [3.05, 3.63) is 18.5 Å². The van der Waals surface area contributed by atoms with Crippen molar-refractivity contribution < 1.29 is 4.39 Å². The Bertz CT molecular complexity index is 222. The van der Waals surface area contributed by atoms with Crippen LogP contribution in [0.15, 0.2) is 12.4 Å². The topological polar surface area (TPSA) is 17.8 Å². The molecule has 56 valence electrons. The quantitative estimate of drug-likeness (QED) is 0.540. The average Bonchev–Trinajstić information content (AvgIpc) is 2.11. The minimum absolute atomic E-state index is 0.208. The first-order valence-electron chi connectivity index (χ1n) is 3.21. The molecule has 0 radical (unpaired) electrons. The molecule has 0 saturated heterocycles. The Morgan fingerprint density at radius 2 is 2.10 bits per heavy atom. The van der Waals surface area contributed by atoms with Gasteiger partial charge in [-0.1, -0.05) is 0 Å². The molecule has 2 nitrogen and oxygen atoms in total. The van der Waals surface area contributed by atoms with Gasteiger partial charge in [0.2, 0.25) is 0 Å². The second-order valence-corrected chi connectivity index (χ2v) is 3.24. The van der Waals surface area contributed by atoms with Crippen LogP contribution in [0.3, 0.4) is 0 Å². The third kappa shape index (κ3) is 1.17. The summed E-state index contributed by atoms with van der Waals surface area (Å²) in [6.45, 7) is 5.78. The summed E-state index contributed by atoms with van der Waals surface area (Å²) in [7, 11) is 0.